The summed E-state index contributed by atoms with van der Waals surface area (Å²) in [5, 5.41) is 0. The van der Waals surface area contributed by atoms with Gasteiger partial charge in [-0.15, -0.1) is 6.58 Å². The van der Waals surface area contributed by atoms with Crippen molar-refractivity contribution in [1.82, 2.24) is 0 Å². The van der Waals surface area contributed by atoms with Crippen molar-refractivity contribution in [3.05, 3.63) is 25.2 Å². The molecule has 2 N–H and O–H groups in total. The second kappa shape index (κ2) is 6.18. The van der Waals surface area contributed by atoms with Crippen molar-refractivity contribution in [2.24, 2.45) is 5.73 Å². The molecule has 1 unspecified atom stereocenters. The Morgan fingerprint density at radius 3 is 1.86 bits per heavy atom. The second-order valence-electron chi connectivity index (χ2n) is 3.72. The van der Waals surface area contributed by atoms with E-state index in [4.69, 9.17) is 0 Å². The first-order valence-electron chi connectivity index (χ1n) is 5.11. The van der Waals surface area contributed by atoms with Gasteiger partial charge in [0.2, 0.25) is 0 Å². The first-order chi connectivity index (χ1) is 9.24. The molecule has 0 saturated carbocycles. The van der Waals surface area contributed by atoms with Crippen molar-refractivity contribution in [3.63, 3.8) is 0 Å². The molecule has 0 heterocycles. The molecule has 1 atom stereocenters. The molecular formula is C10H11F8NO2. The molecule has 124 valence electrons. The highest BCUT2D eigenvalue weighted by molar-refractivity contribution is 4.92. The maximum Gasteiger partial charge on any atom is 0.461 e. The van der Waals surface area contributed by atoms with E-state index in [-0.39, 0.29) is 0 Å². The summed E-state index contributed by atoms with van der Waals surface area (Å²) in [6, 6.07) is -2.25. The van der Waals surface area contributed by atoms with Crippen LogP contribution < -0.4 is 5.73 Å². The maximum atomic E-state index is 13.9. The van der Waals surface area contributed by atoms with E-state index < -0.39 is 43.0 Å². The Morgan fingerprint density at radius 1 is 1.05 bits per heavy atom. The quantitative estimate of drug-likeness (QED) is 0.400. The Kier molecular flexibility index (Phi) is 5.78. The van der Waals surface area contributed by atoms with E-state index in [9.17, 15) is 35.1 Å². The van der Waals surface area contributed by atoms with Crippen LogP contribution in [0.15, 0.2) is 25.2 Å². The molecule has 0 aromatic rings. The Balaban J connectivity index is 5.58. The summed E-state index contributed by atoms with van der Waals surface area (Å²) in [7, 11) is 0. The molecule has 0 bridgehead atoms. The van der Waals surface area contributed by atoms with Crippen LogP contribution in [0.3, 0.4) is 0 Å². The summed E-state index contributed by atoms with van der Waals surface area (Å²) in [6.45, 7) is 2.95. The van der Waals surface area contributed by atoms with Crippen molar-refractivity contribution in [2.45, 2.75) is 30.4 Å². The largest absolute Gasteiger partial charge is 0.461 e. The lowest BCUT2D eigenvalue weighted by molar-refractivity contribution is -0.463. The Hall–Kier alpha value is -1.36. The average molecular weight is 329 g/mol. The third-order valence-electron chi connectivity index (χ3n) is 2.05. The van der Waals surface area contributed by atoms with E-state index in [1.807, 2.05) is 0 Å². The summed E-state index contributed by atoms with van der Waals surface area (Å²) < 4.78 is 110. The first-order valence-corrected chi connectivity index (χ1v) is 5.11. The van der Waals surface area contributed by atoms with Crippen molar-refractivity contribution < 1.29 is 44.6 Å². The lowest BCUT2D eigenvalue weighted by Crippen LogP contribution is -2.57. The van der Waals surface area contributed by atoms with Crippen molar-refractivity contribution >= 4 is 0 Å². The van der Waals surface area contributed by atoms with Gasteiger partial charge in [-0.2, -0.15) is 30.7 Å². The van der Waals surface area contributed by atoms with Gasteiger partial charge in [0.1, 0.15) is 0 Å². The van der Waals surface area contributed by atoms with Gasteiger partial charge in [-0.05, 0) is 6.58 Å². The summed E-state index contributed by atoms with van der Waals surface area (Å²) in [4.78, 5) is 0. The van der Waals surface area contributed by atoms with Crippen LogP contribution in [0.1, 0.15) is 6.42 Å². The standard InChI is InChI=1S/C10H11F8NO2/c1-3-4-8(14,10(17,18)20-6(2)11)21-9(15,16)7(12,13)5-19/h3H,1-2,4-5,19H2. The minimum absolute atomic E-state index is 0.314. The molecule has 0 fully saturated rings. The minimum Gasteiger partial charge on any atom is -0.402 e. The van der Waals surface area contributed by atoms with Gasteiger partial charge in [-0.1, -0.05) is 6.08 Å². The average Bonchev–Trinajstić information content (AvgIpc) is 2.26. The normalized spacial score (nSPS) is 16.2. The van der Waals surface area contributed by atoms with Gasteiger partial charge in [0.15, 0.2) is 0 Å². The number of rotatable bonds is 9. The van der Waals surface area contributed by atoms with E-state index in [2.05, 4.69) is 28.4 Å². The van der Waals surface area contributed by atoms with Crippen molar-refractivity contribution in [3.8, 4) is 0 Å². The fraction of sp³-hybridized carbons (Fsp3) is 0.600. The number of nitrogens with two attached hydrogens (primary N) is 1. The van der Waals surface area contributed by atoms with E-state index in [0.717, 1.165) is 0 Å². The molecule has 11 heteroatoms. The fourth-order valence-corrected chi connectivity index (χ4v) is 1.02. The van der Waals surface area contributed by atoms with Gasteiger partial charge in [-0.3, -0.25) is 4.74 Å². The van der Waals surface area contributed by atoms with Gasteiger partial charge < -0.3 is 10.5 Å². The zero-order chi connectivity index (χ0) is 17.1. The molecule has 0 aromatic carbocycles. The molecule has 3 nitrogen and oxygen atoms in total. The molecule has 0 rings (SSSR count). The van der Waals surface area contributed by atoms with Crippen LogP contribution in [0, 0.1) is 0 Å². The van der Waals surface area contributed by atoms with E-state index in [0.29, 0.717) is 6.08 Å². The molecular weight excluding hydrogens is 318 g/mol. The smallest absolute Gasteiger partial charge is 0.402 e. The third kappa shape index (κ3) is 4.30. The van der Waals surface area contributed by atoms with Crippen LogP contribution in [0.4, 0.5) is 35.1 Å². The Labute approximate surface area is 114 Å². The number of hydrogen-bond acceptors (Lipinski definition) is 3. The Bertz CT molecular complexity index is 401. The zero-order valence-corrected chi connectivity index (χ0v) is 10.3. The van der Waals surface area contributed by atoms with E-state index in [1.165, 1.54) is 0 Å². The van der Waals surface area contributed by atoms with Crippen LogP contribution in [0.25, 0.3) is 0 Å². The fourth-order valence-electron chi connectivity index (χ4n) is 1.02. The maximum absolute atomic E-state index is 13.9. The van der Waals surface area contributed by atoms with Crippen LogP contribution >= 0.6 is 0 Å². The highest BCUT2D eigenvalue weighted by atomic mass is 19.3. The monoisotopic (exact) mass is 329 g/mol. The van der Waals surface area contributed by atoms with Crippen molar-refractivity contribution in [1.29, 1.82) is 0 Å². The number of ether oxygens (including phenoxy) is 2. The molecule has 0 aliphatic rings. The topological polar surface area (TPSA) is 44.5 Å². The predicted octanol–water partition coefficient (Wildman–Crippen LogP) is 3.48. The number of hydrogen-bond donors (Lipinski definition) is 1. The number of halogens is 8. The Morgan fingerprint density at radius 2 is 1.52 bits per heavy atom. The summed E-state index contributed by atoms with van der Waals surface area (Å²) in [5.41, 5.74) is 4.33. The van der Waals surface area contributed by atoms with Crippen LogP contribution in [-0.2, 0) is 9.47 Å². The predicted molar refractivity (Wildman–Crippen MR) is 55.0 cm³/mol. The molecule has 0 aromatic heterocycles. The SMILES string of the molecule is C=CCC(F)(OC(F)(F)C(F)(F)CN)C(F)(F)OC(=C)F. The molecule has 0 amide bonds. The third-order valence-corrected chi connectivity index (χ3v) is 2.05. The van der Waals surface area contributed by atoms with E-state index in [1.54, 1.807) is 0 Å². The highest BCUT2D eigenvalue weighted by Gasteiger charge is 2.68. The van der Waals surface area contributed by atoms with Crippen molar-refractivity contribution in [2.75, 3.05) is 6.54 Å². The molecule has 21 heavy (non-hydrogen) atoms. The zero-order valence-electron chi connectivity index (χ0n) is 10.3. The van der Waals surface area contributed by atoms with Gasteiger partial charge in [0.05, 0.1) is 6.54 Å². The van der Waals surface area contributed by atoms with Crippen LogP contribution in [0.5, 0.6) is 0 Å². The lowest BCUT2D eigenvalue weighted by atomic mass is 10.2. The molecule has 0 radical (unpaired) electrons. The van der Waals surface area contributed by atoms with Gasteiger partial charge in [0, 0.05) is 6.42 Å². The lowest BCUT2D eigenvalue weighted by Gasteiger charge is -2.35. The second-order valence-corrected chi connectivity index (χ2v) is 3.72. The molecule has 0 aliphatic carbocycles. The summed E-state index contributed by atoms with van der Waals surface area (Å²) in [6.07, 6.45) is -12.5. The minimum atomic E-state index is -5.72. The van der Waals surface area contributed by atoms with Crippen LogP contribution in [0.2, 0.25) is 0 Å². The van der Waals surface area contributed by atoms with Gasteiger partial charge in [-0.25, -0.2) is 4.39 Å². The van der Waals surface area contributed by atoms with E-state index >= 15 is 0 Å². The van der Waals surface area contributed by atoms with Gasteiger partial charge >= 0.3 is 24.0 Å². The van der Waals surface area contributed by atoms with Crippen LogP contribution in [-0.4, -0.2) is 30.5 Å². The molecule has 0 saturated heterocycles. The number of alkyl halides is 7. The first kappa shape index (κ1) is 19.6. The molecule has 0 aliphatic heterocycles. The summed E-state index contributed by atoms with van der Waals surface area (Å²) in [5.74, 6) is -10.00. The summed E-state index contributed by atoms with van der Waals surface area (Å²) >= 11 is 0. The van der Waals surface area contributed by atoms with Gasteiger partial charge in [0.25, 0.3) is 6.01 Å². The molecule has 0 spiro atoms. The highest BCUT2D eigenvalue weighted by Crippen LogP contribution is 2.46.